The van der Waals surface area contributed by atoms with Gasteiger partial charge in [0.1, 0.15) is 12.2 Å². The van der Waals surface area contributed by atoms with Crippen LogP contribution < -0.4 is 5.32 Å². The van der Waals surface area contributed by atoms with Crippen LogP contribution >= 0.6 is 0 Å². The maximum Gasteiger partial charge on any atom is 0.323 e. The number of hydrogen-bond donors (Lipinski definition) is 2. The highest BCUT2D eigenvalue weighted by molar-refractivity contribution is 6.03. The summed E-state index contributed by atoms with van der Waals surface area (Å²) in [5.41, 5.74) is 3.14. The first-order valence-corrected chi connectivity index (χ1v) is 6.22. The zero-order chi connectivity index (χ0) is 14.7. The Hall–Kier alpha value is -2.56. The summed E-state index contributed by atoms with van der Waals surface area (Å²) in [5.74, 6) is -1.30. The SMILES string of the molecule is Cc1cc(C)cc(NC(=O)c2cccn2CC(=O)O)c1. The molecule has 5 nitrogen and oxygen atoms in total. The van der Waals surface area contributed by atoms with Gasteiger partial charge < -0.3 is 15.0 Å². The summed E-state index contributed by atoms with van der Waals surface area (Å²) in [6.45, 7) is 3.67. The quantitative estimate of drug-likeness (QED) is 0.898. The van der Waals surface area contributed by atoms with Crippen molar-refractivity contribution in [3.05, 3.63) is 53.3 Å². The molecular formula is C15H16N2O3. The molecule has 1 aromatic heterocycles. The zero-order valence-corrected chi connectivity index (χ0v) is 11.4. The minimum atomic E-state index is -0.985. The topological polar surface area (TPSA) is 71.3 Å². The van der Waals surface area contributed by atoms with E-state index in [1.54, 1.807) is 18.3 Å². The lowest BCUT2D eigenvalue weighted by molar-refractivity contribution is -0.137. The van der Waals surface area contributed by atoms with Gasteiger partial charge in [0.05, 0.1) is 0 Å². The van der Waals surface area contributed by atoms with E-state index in [-0.39, 0.29) is 12.5 Å². The van der Waals surface area contributed by atoms with Crippen molar-refractivity contribution in [1.82, 2.24) is 4.57 Å². The number of carboxylic acids is 1. The smallest absolute Gasteiger partial charge is 0.323 e. The lowest BCUT2D eigenvalue weighted by Crippen LogP contribution is -2.19. The Morgan fingerprint density at radius 2 is 1.85 bits per heavy atom. The van der Waals surface area contributed by atoms with Gasteiger partial charge in [-0.3, -0.25) is 9.59 Å². The molecule has 0 aliphatic rings. The number of aryl methyl sites for hydroxylation is 2. The molecule has 0 atom stereocenters. The molecule has 2 N–H and O–H groups in total. The third-order valence-electron chi connectivity index (χ3n) is 2.85. The van der Waals surface area contributed by atoms with Crippen molar-refractivity contribution in [2.75, 3.05) is 5.32 Å². The van der Waals surface area contributed by atoms with Crippen LogP contribution in [-0.2, 0) is 11.3 Å². The number of carbonyl (C=O) groups excluding carboxylic acids is 1. The Morgan fingerprint density at radius 1 is 1.20 bits per heavy atom. The van der Waals surface area contributed by atoms with Gasteiger partial charge in [0, 0.05) is 11.9 Å². The van der Waals surface area contributed by atoms with Crippen molar-refractivity contribution in [3.63, 3.8) is 0 Å². The van der Waals surface area contributed by atoms with Crippen molar-refractivity contribution in [2.24, 2.45) is 0 Å². The molecule has 0 saturated carbocycles. The second kappa shape index (κ2) is 5.61. The molecule has 5 heteroatoms. The molecule has 0 unspecified atom stereocenters. The van der Waals surface area contributed by atoms with Crippen LogP contribution in [0.2, 0.25) is 0 Å². The fourth-order valence-electron chi connectivity index (χ4n) is 2.15. The highest BCUT2D eigenvalue weighted by Gasteiger charge is 2.13. The number of carboxylic acid groups (broad SMARTS) is 1. The predicted octanol–water partition coefficient (Wildman–Crippen LogP) is 2.44. The number of anilines is 1. The Labute approximate surface area is 116 Å². The molecule has 2 rings (SSSR count). The first kappa shape index (κ1) is 13.9. The van der Waals surface area contributed by atoms with E-state index in [1.807, 2.05) is 32.0 Å². The van der Waals surface area contributed by atoms with Crippen LogP contribution in [0.1, 0.15) is 21.6 Å². The molecule has 0 saturated heterocycles. The minimum absolute atomic E-state index is 0.234. The Morgan fingerprint density at radius 3 is 2.45 bits per heavy atom. The first-order chi connectivity index (χ1) is 9.45. The molecule has 1 heterocycles. The van der Waals surface area contributed by atoms with Crippen molar-refractivity contribution in [1.29, 1.82) is 0 Å². The molecule has 0 aliphatic carbocycles. The molecule has 0 spiro atoms. The van der Waals surface area contributed by atoms with Crippen LogP contribution in [0.25, 0.3) is 0 Å². The number of rotatable bonds is 4. The van der Waals surface area contributed by atoms with Gasteiger partial charge >= 0.3 is 5.97 Å². The summed E-state index contributed by atoms with van der Waals surface area (Å²) in [7, 11) is 0. The monoisotopic (exact) mass is 272 g/mol. The van der Waals surface area contributed by atoms with Gasteiger partial charge in [-0.15, -0.1) is 0 Å². The minimum Gasteiger partial charge on any atom is -0.480 e. The van der Waals surface area contributed by atoms with E-state index in [4.69, 9.17) is 5.11 Å². The summed E-state index contributed by atoms with van der Waals surface area (Å²) in [6.07, 6.45) is 1.57. The standard InChI is InChI=1S/C15H16N2O3/c1-10-6-11(2)8-12(7-10)16-15(20)13-4-3-5-17(13)9-14(18)19/h3-8H,9H2,1-2H3,(H,16,20)(H,18,19). The van der Waals surface area contributed by atoms with Crippen LogP contribution in [0.5, 0.6) is 0 Å². The van der Waals surface area contributed by atoms with Crippen molar-refractivity contribution >= 4 is 17.6 Å². The summed E-state index contributed by atoms with van der Waals surface area (Å²) < 4.78 is 1.40. The summed E-state index contributed by atoms with van der Waals surface area (Å²) >= 11 is 0. The first-order valence-electron chi connectivity index (χ1n) is 6.22. The highest BCUT2D eigenvalue weighted by atomic mass is 16.4. The van der Waals surface area contributed by atoms with Gasteiger partial charge in [-0.25, -0.2) is 0 Å². The molecule has 0 radical (unpaired) electrons. The number of aliphatic carboxylic acids is 1. The summed E-state index contributed by atoms with van der Waals surface area (Å²) in [4.78, 5) is 22.9. The molecule has 20 heavy (non-hydrogen) atoms. The third-order valence-corrected chi connectivity index (χ3v) is 2.85. The number of nitrogens with one attached hydrogen (secondary N) is 1. The van der Waals surface area contributed by atoms with Crippen molar-refractivity contribution in [3.8, 4) is 0 Å². The van der Waals surface area contributed by atoms with Gasteiger partial charge in [-0.05, 0) is 49.2 Å². The van der Waals surface area contributed by atoms with Crippen LogP contribution in [0.4, 0.5) is 5.69 Å². The molecule has 0 aliphatic heterocycles. The van der Waals surface area contributed by atoms with Gasteiger partial charge in [-0.2, -0.15) is 0 Å². The normalized spacial score (nSPS) is 10.3. The molecule has 0 bridgehead atoms. The van der Waals surface area contributed by atoms with E-state index < -0.39 is 5.97 Å². The fourth-order valence-corrected chi connectivity index (χ4v) is 2.15. The number of hydrogen-bond acceptors (Lipinski definition) is 2. The Kier molecular flexibility index (Phi) is 3.89. The molecule has 104 valence electrons. The molecule has 1 amide bonds. The van der Waals surface area contributed by atoms with Gasteiger partial charge in [0.25, 0.3) is 5.91 Å². The lowest BCUT2D eigenvalue weighted by Gasteiger charge is -2.09. The maximum absolute atomic E-state index is 12.2. The van der Waals surface area contributed by atoms with Crippen LogP contribution in [0.15, 0.2) is 36.5 Å². The maximum atomic E-state index is 12.2. The molecule has 1 aromatic carbocycles. The Balaban J connectivity index is 2.20. The fraction of sp³-hybridized carbons (Fsp3) is 0.200. The number of carbonyl (C=O) groups is 2. The average molecular weight is 272 g/mol. The average Bonchev–Trinajstić information content (AvgIpc) is 2.74. The van der Waals surface area contributed by atoms with Crippen LogP contribution in [-0.4, -0.2) is 21.6 Å². The van der Waals surface area contributed by atoms with E-state index in [1.165, 1.54) is 4.57 Å². The van der Waals surface area contributed by atoms with E-state index >= 15 is 0 Å². The molecule has 2 aromatic rings. The number of amides is 1. The largest absolute Gasteiger partial charge is 0.480 e. The van der Waals surface area contributed by atoms with Gasteiger partial charge in [0.15, 0.2) is 0 Å². The van der Waals surface area contributed by atoms with Crippen LogP contribution in [0, 0.1) is 13.8 Å². The van der Waals surface area contributed by atoms with Crippen molar-refractivity contribution in [2.45, 2.75) is 20.4 Å². The predicted molar refractivity (Wildman–Crippen MR) is 75.9 cm³/mol. The molecular weight excluding hydrogens is 256 g/mol. The van der Waals surface area contributed by atoms with Crippen LogP contribution in [0.3, 0.4) is 0 Å². The van der Waals surface area contributed by atoms with E-state index in [2.05, 4.69) is 5.32 Å². The number of benzene rings is 1. The number of aromatic nitrogens is 1. The second-order valence-electron chi connectivity index (χ2n) is 4.75. The summed E-state index contributed by atoms with van der Waals surface area (Å²) in [6, 6.07) is 9.01. The van der Waals surface area contributed by atoms with Gasteiger partial charge in [-0.1, -0.05) is 6.07 Å². The second-order valence-corrected chi connectivity index (χ2v) is 4.75. The van der Waals surface area contributed by atoms with E-state index in [0.717, 1.165) is 11.1 Å². The zero-order valence-electron chi connectivity index (χ0n) is 11.4. The molecule has 0 fully saturated rings. The lowest BCUT2D eigenvalue weighted by atomic mass is 10.1. The van der Waals surface area contributed by atoms with Gasteiger partial charge in [0.2, 0.25) is 0 Å². The van der Waals surface area contributed by atoms with E-state index in [9.17, 15) is 9.59 Å². The van der Waals surface area contributed by atoms with Crippen molar-refractivity contribution < 1.29 is 14.7 Å². The number of nitrogens with zero attached hydrogens (tertiary/aromatic N) is 1. The Bertz CT molecular complexity index is 639. The highest BCUT2D eigenvalue weighted by Crippen LogP contribution is 2.15. The van der Waals surface area contributed by atoms with E-state index in [0.29, 0.717) is 11.4 Å². The third kappa shape index (κ3) is 3.26. The summed E-state index contributed by atoms with van der Waals surface area (Å²) in [5, 5.41) is 11.6.